The Morgan fingerprint density at radius 1 is 1.12 bits per heavy atom. The van der Waals surface area contributed by atoms with Gasteiger partial charge in [-0.3, -0.25) is 0 Å². The molecule has 0 spiro atoms. The standard InChI is InChI=1S/C17H14ClNO4S2/c18-10-2-4-11(5-3-10)25(20,21)16-14(15(16)17(19)24)9-1-6-12-13(7-9)23-8-22-12/h1-7,14-16H,8H2,(H2,19,24)/t14-,15-,16-/m1/s1. The number of rotatable bonds is 4. The van der Waals surface area contributed by atoms with Gasteiger partial charge in [-0.25, -0.2) is 8.42 Å². The van der Waals surface area contributed by atoms with Gasteiger partial charge in [0.1, 0.15) is 0 Å². The lowest BCUT2D eigenvalue weighted by molar-refractivity contribution is 0.174. The van der Waals surface area contributed by atoms with E-state index < -0.39 is 21.0 Å². The number of ether oxygens (including phenoxy) is 2. The van der Waals surface area contributed by atoms with Gasteiger partial charge in [0, 0.05) is 16.9 Å². The number of halogens is 1. The smallest absolute Gasteiger partial charge is 0.231 e. The topological polar surface area (TPSA) is 78.6 Å². The van der Waals surface area contributed by atoms with Gasteiger partial charge in [-0.1, -0.05) is 29.9 Å². The molecule has 0 unspecified atom stereocenters. The zero-order valence-corrected chi connectivity index (χ0v) is 15.3. The molecule has 1 saturated carbocycles. The van der Waals surface area contributed by atoms with Crippen LogP contribution in [0.1, 0.15) is 11.5 Å². The predicted molar refractivity (Wildman–Crippen MR) is 98.0 cm³/mol. The molecule has 0 bridgehead atoms. The zero-order valence-electron chi connectivity index (χ0n) is 12.9. The minimum Gasteiger partial charge on any atom is -0.454 e. The molecule has 0 amide bonds. The van der Waals surface area contributed by atoms with Gasteiger partial charge in [-0.05, 0) is 42.0 Å². The number of benzene rings is 2. The quantitative estimate of drug-likeness (QED) is 0.802. The van der Waals surface area contributed by atoms with Crippen molar-refractivity contribution in [2.24, 2.45) is 11.7 Å². The number of hydrogen-bond acceptors (Lipinski definition) is 5. The Morgan fingerprint density at radius 2 is 1.80 bits per heavy atom. The minimum absolute atomic E-state index is 0.161. The molecular formula is C17H14ClNO4S2. The van der Waals surface area contributed by atoms with Gasteiger partial charge < -0.3 is 15.2 Å². The fraction of sp³-hybridized carbons (Fsp3) is 0.235. The molecule has 4 rings (SSSR count). The van der Waals surface area contributed by atoms with Gasteiger partial charge in [-0.2, -0.15) is 0 Å². The molecule has 130 valence electrons. The van der Waals surface area contributed by atoms with Crippen molar-refractivity contribution >= 4 is 38.6 Å². The molecule has 1 aliphatic carbocycles. The molecule has 1 heterocycles. The Bertz CT molecular complexity index is 959. The second kappa shape index (κ2) is 5.86. The molecule has 1 fully saturated rings. The molecule has 0 radical (unpaired) electrons. The summed E-state index contributed by atoms with van der Waals surface area (Å²) in [6.07, 6.45) is 0. The summed E-state index contributed by atoms with van der Waals surface area (Å²) >= 11 is 11.0. The molecule has 2 aromatic rings. The summed E-state index contributed by atoms with van der Waals surface area (Å²) in [6.45, 7) is 0.161. The molecule has 3 atom stereocenters. The summed E-state index contributed by atoms with van der Waals surface area (Å²) in [5, 5.41) is -0.209. The van der Waals surface area contributed by atoms with Crippen LogP contribution in [0, 0.1) is 5.92 Å². The first-order valence-corrected chi connectivity index (χ1v) is 9.91. The van der Waals surface area contributed by atoms with Crippen LogP contribution < -0.4 is 15.2 Å². The highest BCUT2D eigenvalue weighted by molar-refractivity contribution is 7.92. The first-order valence-electron chi connectivity index (χ1n) is 7.58. The van der Waals surface area contributed by atoms with Crippen molar-refractivity contribution in [3.63, 3.8) is 0 Å². The van der Waals surface area contributed by atoms with Crippen LogP contribution >= 0.6 is 23.8 Å². The highest BCUT2D eigenvalue weighted by Crippen LogP contribution is 2.55. The lowest BCUT2D eigenvalue weighted by Gasteiger charge is -2.05. The third-order valence-electron chi connectivity index (χ3n) is 4.56. The largest absolute Gasteiger partial charge is 0.454 e. The number of hydrogen-bond donors (Lipinski definition) is 1. The van der Waals surface area contributed by atoms with Crippen molar-refractivity contribution in [3.8, 4) is 11.5 Å². The van der Waals surface area contributed by atoms with Gasteiger partial charge in [0.05, 0.1) is 15.1 Å². The van der Waals surface area contributed by atoms with Crippen molar-refractivity contribution in [3.05, 3.63) is 53.1 Å². The summed E-state index contributed by atoms with van der Waals surface area (Å²) in [4.78, 5) is 0.414. The molecule has 8 heteroatoms. The fourth-order valence-corrected chi connectivity index (χ4v) is 5.97. The van der Waals surface area contributed by atoms with Crippen molar-refractivity contribution in [2.45, 2.75) is 16.1 Å². The summed E-state index contributed by atoms with van der Waals surface area (Å²) in [5.41, 5.74) is 6.64. The predicted octanol–water partition coefficient (Wildman–Crippen LogP) is 2.91. The van der Waals surface area contributed by atoms with Crippen LogP contribution in [0.2, 0.25) is 5.02 Å². The summed E-state index contributed by atoms with van der Waals surface area (Å²) in [6, 6.07) is 11.5. The Balaban J connectivity index is 1.71. The third kappa shape index (κ3) is 2.76. The van der Waals surface area contributed by atoms with Crippen LogP contribution in [0.4, 0.5) is 0 Å². The summed E-state index contributed by atoms with van der Waals surface area (Å²) < 4.78 is 36.7. The Labute approximate surface area is 155 Å². The van der Waals surface area contributed by atoms with E-state index in [1.807, 2.05) is 6.07 Å². The molecule has 0 aromatic heterocycles. The Hall–Kier alpha value is -1.83. The van der Waals surface area contributed by atoms with Crippen LogP contribution in [0.5, 0.6) is 11.5 Å². The zero-order chi connectivity index (χ0) is 17.8. The van der Waals surface area contributed by atoms with Crippen LogP contribution in [0.25, 0.3) is 0 Å². The molecule has 1 aliphatic heterocycles. The number of thiocarbonyl (C=S) groups is 1. The van der Waals surface area contributed by atoms with Crippen LogP contribution in [-0.2, 0) is 9.84 Å². The minimum atomic E-state index is -3.59. The molecular weight excluding hydrogens is 382 g/mol. The van der Waals surface area contributed by atoms with Crippen molar-refractivity contribution < 1.29 is 17.9 Å². The molecule has 5 nitrogen and oxygen atoms in total. The van der Waals surface area contributed by atoms with E-state index in [0.717, 1.165) is 5.56 Å². The van der Waals surface area contributed by atoms with E-state index in [1.54, 1.807) is 24.3 Å². The maximum absolute atomic E-state index is 13.0. The highest BCUT2D eigenvalue weighted by Gasteiger charge is 2.60. The maximum Gasteiger partial charge on any atom is 0.231 e. The number of fused-ring (bicyclic) bond motifs is 1. The Kier molecular flexibility index (Phi) is 3.90. The lowest BCUT2D eigenvalue weighted by atomic mass is 10.1. The summed E-state index contributed by atoms with van der Waals surface area (Å²) in [5.74, 6) is 0.547. The SMILES string of the molecule is NC(=S)[C@@H]1[C@@H](c2ccc3c(c2)OCO3)[C@H]1S(=O)(=O)c1ccc(Cl)cc1. The first kappa shape index (κ1) is 16.6. The second-order valence-corrected chi connectivity index (χ2v) is 9.04. The number of sulfone groups is 1. The van der Waals surface area contributed by atoms with E-state index in [9.17, 15) is 8.42 Å². The van der Waals surface area contributed by atoms with E-state index in [-0.39, 0.29) is 22.6 Å². The molecule has 25 heavy (non-hydrogen) atoms. The average Bonchev–Trinajstić information content (AvgIpc) is 3.18. The number of nitrogens with two attached hydrogens (primary N) is 1. The van der Waals surface area contributed by atoms with Gasteiger partial charge in [0.25, 0.3) is 0 Å². The van der Waals surface area contributed by atoms with Crippen LogP contribution in [-0.4, -0.2) is 25.4 Å². The van der Waals surface area contributed by atoms with Gasteiger partial charge in [-0.15, -0.1) is 0 Å². The van der Waals surface area contributed by atoms with E-state index in [2.05, 4.69) is 0 Å². The van der Waals surface area contributed by atoms with E-state index in [4.69, 9.17) is 39.0 Å². The maximum atomic E-state index is 13.0. The fourth-order valence-electron chi connectivity index (χ4n) is 3.31. The van der Waals surface area contributed by atoms with E-state index in [1.165, 1.54) is 12.1 Å². The van der Waals surface area contributed by atoms with Crippen molar-refractivity contribution in [1.29, 1.82) is 0 Å². The van der Waals surface area contributed by atoms with Crippen LogP contribution in [0.15, 0.2) is 47.4 Å². The second-order valence-electron chi connectivity index (χ2n) is 6.03. The van der Waals surface area contributed by atoms with E-state index >= 15 is 0 Å². The molecule has 2 aromatic carbocycles. The molecule has 2 aliphatic rings. The third-order valence-corrected chi connectivity index (χ3v) is 7.32. The Morgan fingerprint density at radius 3 is 2.48 bits per heavy atom. The van der Waals surface area contributed by atoms with Gasteiger partial charge in [0.2, 0.25) is 6.79 Å². The normalized spacial score (nSPS) is 24.1. The monoisotopic (exact) mass is 395 g/mol. The highest BCUT2D eigenvalue weighted by atomic mass is 35.5. The van der Waals surface area contributed by atoms with Gasteiger partial charge in [0.15, 0.2) is 21.3 Å². The average molecular weight is 396 g/mol. The molecule has 0 saturated heterocycles. The molecule has 2 N–H and O–H groups in total. The van der Waals surface area contributed by atoms with Gasteiger partial charge >= 0.3 is 0 Å². The van der Waals surface area contributed by atoms with E-state index in [0.29, 0.717) is 16.5 Å². The lowest BCUT2D eigenvalue weighted by Crippen LogP contribution is -2.17. The van der Waals surface area contributed by atoms with Crippen molar-refractivity contribution in [2.75, 3.05) is 6.79 Å². The van der Waals surface area contributed by atoms with Crippen LogP contribution in [0.3, 0.4) is 0 Å². The summed E-state index contributed by atoms with van der Waals surface area (Å²) in [7, 11) is -3.59. The van der Waals surface area contributed by atoms with Crippen molar-refractivity contribution in [1.82, 2.24) is 0 Å². The first-order chi connectivity index (χ1) is 11.9.